The fourth-order valence-electron chi connectivity index (χ4n) is 9.93. The van der Waals surface area contributed by atoms with Gasteiger partial charge < -0.3 is 15.3 Å². The molecule has 10 atom stereocenters. The molecule has 2 unspecified atom stereocenters. The maximum Gasteiger partial charge on any atom is 0.306 e. The van der Waals surface area contributed by atoms with Crippen molar-refractivity contribution >= 4 is 5.97 Å². The Bertz CT molecular complexity index is 958. The molecule has 0 aromatic heterocycles. The van der Waals surface area contributed by atoms with E-state index in [4.69, 9.17) is 4.89 Å². The SMILES string of the molecule is C=C(CC[C@@H](C(=O)O)C1[C@H](O)C[C@@]2(C)C3CC[C@@]4(OO)[C@@H](CCC)[C@@H](O)CC[C@]4(C)C3=CC[C@]12C)C(C)C. The summed E-state index contributed by atoms with van der Waals surface area (Å²) in [7, 11) is 0. The lowest BCUT2D eigenvalue weighted by Crippen LogP contribution is -2.65. The van der Waals surface area contributed by atoms with Gasteiger partial charge in [0, 0.05) is 17.3 Å². The fraction of sp³-hybridized carbons (Fsp3) is 0.844. The van der Waals surface area contributed by atoms with Crippen LogP contribution in [0.25, 0.3) is 0 Å². The Labute approximate surface area is 229 Å². The minimum absolute atomic E-state index is 0.133. The van der Waals surface area contributed by atoms with Crippen molar-refractivity contribution in [1.29, 1.82) is 0 Å². The molecule has 0 heterocycles. The van der Waals surface area contributed by atoms with Gasteiger partial charge in [-0.2, -0.15) is 0 Å². The third-order valence-electron chi connectivity index (χ3n) is 12.5. The topological polar surface area (TPSA) is 107 Å². The zero-order valence-corrected chi connectivity index (χ0v) is 24.5. The van der Waals surface area contributed by atoms with Crippen LogP contribution in [0, 0.1) is 45.8 Å². The van der Waals surface area contributed by atoms with Gasteiger partial charge in [-0.3, -0.25) is 10.1 Å². The van der Waals surface area contributed by atoms with Crippen molar-refractivity contribution in [1.82, 2.24) is 0 Å². The van der Waals surface area contributed by atoms with Crippen molar-refractivity contribution in [3.63, 3.8) is 0 Å². The van der Waals surface area contributed by atoms with Crippen LogP contribution in [0.5, 0.6) is 0 Å². The summed E-state index contributed by atoms with van der Waals surface area (Å²) in [4.78, 5) is 18.1. The lowest BCUT2D eigenvalue weighted by Gasteiger charge is -2.65. The molecule has 4 aliphatic rings. The van der Waals surface area contributed by atoms with Crippen LogP contribution in [-0.2, 0) is 9.68 Å². The lowest BCUT2D eigenvalue weighted by atomic mass is 9.41. The maximum atomic E-state index is 12.6. The first-order chi connectivity index (χ1) is 17.7. The van der Waals surface area contributed by atoms with E-state index in [-0.39, 0.29) is 28.6 Å². The summed E-state index contributed by atoms with van der Waals surface area (Å²) in [6, 6.07) is 0. The number of allylic oxidation sites excluding steroid dienone is 2. The second-order valence-corrected chi connectivity index (χ2v) is 14.2. The van der Waals surface area contributed by atoms with Crippen LogP contribution in [0.2, 0.25) is 0 Å². The molecule has 216 valence electrons. The van der Waals surface area contributed by atoms with Gasteiger partial charge in [-0.05, 0) is 80.5 Å². The second-order valence-electron chi connectivity index (χ2n) is 14.2. The molecule has 6 heteroatoms. The highest BCUT2D eigenvalue weighted by molar-refractivity contribution is 5.71. The van der Waals surface area contributed by atoms with Crippen molar-refractivity contribution in [3.05, 3.63) is 23.8 Å². The van der Waals surface area contributed by atoms with Gasteiger partial charge in [0.25, 0.3) is 0 Å². The van der Waals surface area contributed by atoms with Gasteiger partial charge in [-0.1, -0.05) is 71.8 Å². The zero-order valence-electron chi connectivity index (χ0n) is 24.5. The summed E-state index contributed by atoms with van der Waals surface area (Å²) >= 11 is 0. The molecule has 0 saturated heterocycles. The highest BCUT2D eigenvalue weighted by Crippen LogP contribution is 2.73. The molecule has 38 heavy (non-hydrogen) atoms. The molecule has 0 amide bonds. The summed E-state index contributed by atoms with van der Waals surface area (Å²) in [5.74, 6) is -1.44. The third-order valence-corrected chi connectivity index (χ3v) is 12.5. The molecule has 3 saturated carbocycles. The molecule has 0 bridgehead atoms. The standard InChI is InChI=1S/C32H52O6/c1-8-9-24-25(33)14-16-29(5)22-12-15-30(6)27(21(28(35)36)11-10-20(4)19(2)3)26(34)18-31(30,7)23(22)13-17-32(24,29)38-37/h12,19,21,23-27,33-34,37H,4,8-11,13-18H2,1-3,5-7H3,(H,35,36)/t21-,23?,24+,25+,26-,27?,29-,30-,31+,32-/m1/s1. The van der Waals surface area contributed by atoms with E-state index in [2.05, 4.69) is 54.2 Å². The van der Waals surface area contributed by atoms with E-state index in [1.165, 1.54) is 5.57 Å². The molecule has 0 aliphatic heterocycles. The molecule has 4 aliphatic carbocycles. The summed E-state index contributed by atoms with van der Waals surface area (Å²) < 4.78 is 0. The van der Waals surface area contributed by atoms with Gasteiger partial charge in [-0.25, -0.2) is 4.89 Å². The second kappa shape index (κ2) is 10.3. The first-order valence-corrected chi connectivity index (χ1v) is 15.0. The van der Waals surface area contributed by atoms with Crippen molar-refractivity contribution in [2.24, 2.45) is 45.8 Å². The quantitative estimate of drug-likeness (QED) is 0.151. The number of aliphatic hydroxyl groups is 2. The van der Waals surface area contributed by atoms with Crippen LogP contribution < -0.4 is 0 Å². The lowest BCUT2D eigenvalue weighted by molar-refractivity contribution is -0.387. The highest BCUT2D eigenvalue weighted by Gasteiger charge is 2.71. The van der Waals surface area contributed by atoms with Crippen LogP contribution in [0.1, 0.15) is 106 Å². The predicted molar refractivity (Wildman–Crippen MR) is 148 cm³/mol. The first kappa shape index (κ1) is 29.8. The van der Waals surface area contributed by atoms with Crippen LogP contribution >= 0.6 is 0 Å². The summed E-state index contributed by atoms with van der Waals surface area (Å²) in [6.45, 7) is 17.1. The number of rotatable bonds is 9. The fourth-order valence-corrected chi connectivity index (χ4v) is 9.93. The van der Waals surface area contributed by atoms with Crippen molar-refractivity contribution in [2.45, 2.75) is 124 Å². The van der Waals surface area contributed by atoms with Crippen molar-refractivity contribution in [2.75, 3.05) is 0 Å². The van der Waals surface area contributed by atoms with Crippen LogP contribution in [0.3, 0.4) is 0 Å². The molecule has 3 fully saturated rings. The highest BCUT2D eigenvalue weighted by atomic mass is 17.1. The monoisotopic (exact) mass is 532 g/mol. The summed E-state index contributed by atoms with van der Waals surface area (Å²) in [5.41, 5.74) is 0.465. The minimum atomic E-state index is -0.829. The van der Waals surface area contributed by atoms with Gasteiger partial charge in [0.1, 0.15) is 5.60 Å². The Balaban J connectivity index is 1.73. The van der Waals surface area contributed by atoms with Gasteiger partial charge in [0.2, 0.25) is 0 Å². The Kier molecular flexibility index (Phi) is 8.08. The molecular formula is C32H52O6. The van der Waals surface area contributed by atoms with E-state index in [1.54, 1.807) is 0 Å². The largest absolute Gasteiger partial charge is 0.481 e. The molecule has 4 rings (SSSR count). The molecular weight excluding hydrogens is 480 g/mol. The molecule has 0 spiro atoms. The maximum absolute atomic E-state index is 12.6. The van der Waals surface area contributed by atoms with E-state index in [9.17, 15) is 25.4 Å². The minimum Gasteiger partial charge on any atom is -0.481 e. The van der Waals surface area contributed by atoms with Gasteiger partial charge in [0.05, 0.1) is 18.1 Å². The van der Waals surface area contributed by atoms with Gasteiger partial charge >= 0.3 is 5.97 Å². The van der Waals surface area contributed by atoms with E-state index in [0.717, 1.165) is 31.3 Å². The number of carboxylic acids is 1. The molecule has 0 aromatic carbocycles. The van der Waals surface area contributed by atoms with E-state index in [0.29, 0.717) is 44.4 Å². The first-order valence-electron chi connectivity index (χ1n) is 15.0. The van der Waals surface area contributed by atoms with Crippen LogP contribution in [0.15, 0.2) is 23.8 Å². The average Bonchev–Trinajstić information content (AvgIpc) is 3.06. The molecule has 0 aromatic rings. The smallest absolute Gasteiger partial charge is 0.306 e. The summed E-state index contributed by atoms with van der Waals surface area (Å²) in [6.07, 6.45) is 8.14. The number of hydrogen-bond acceptors (Lipinski definition) is 5. The van der Waals surface area contributed by atoms with Gasteiger partial charge in [0.15, 0.2) is 0 Å². The number of carboxylic acid groups (broad SMARTS) is 1. The molecule has 4 N–H and O–H groups in total. The number of fused-ring (bicyclic) bond motifs is 5. The normalized spacial score (nSPS) is 45.1. The van der Waals surface area contributed by atoms with E-state index >= 15 is 0 Å². The van der Waals surface area contributed by atoms with Gasteiger partial charge in [-0.15, -0.1) is 0 Å². The zero-order chi connectivity index (χ0) is 28.3. The van der Waals surface area contributed by atoms with Crippen molar-refractivity contribution < 1.29 is 30.3 Å². The molecule has 0 radical (unpaired) electrons. The average molecular weight is 533 g/mol. The third kappa shape index (κ3) is 4.07. The Morgan fingerprint density at radius 3 is 2.39 bits per heavy atom. The van der Waals surface area contributed by atoms with Crippen molar-refractivity contribution in [3.8, 4) is 0 Å². The number of aliphatic hydroxyl groups excluding tert-OH is 2. The number of aliphatic carboxylic acids is 1. The molecule has 6 nitrogen and oxygen atoms in total. The van der Waals surface area contributed by atoms with E-state index in [1.807, 2.05) is 0 Å². The van der Waals surface area contributed by atoms with E-state index < -0.39 is 35.1 Å². The van der Waals surface area contributed by atoms with Crippen LogP contribution in [0.4, 0.5) is 0 Å². The summed E-state index contributed by atoms with van der Waals surface area (Å²) in [5, 5.41) is 43.4. The number of carbonyl (C=O) groups is 1. The number of hydrogen-bond donors (Lipinski definition) is 4. The Morgan fingerprint density at radius 2 is 1.82 bits per heavy atom. The Morgan fingerprint density at radius 1 is 1.13 bits per heavy atom. The van der Waals surface area contributed by atoms with Crippen LogP contribution in [-0.4, -0.2) is 44.4 Å². The Hall–Kier alpha value is -1.21. The predicted octanol–water partition coefficient (Wildman–Crippen LogP) is 6.62.